The summed E-state index contributed by atoms with van der Waals surface area (Å²) in [6.07, 6.45) is -4.46. The molecule has 0 amide bonds. The molecule has 0 aromatic carbocycles. The van der Waals surface area contributed by atoms with Gasteiger partial charge in [0.2, 0.25) is 6.43 Å². The van der Waals surface area contributed by atoms with Crippen LogP contribution in [0.25, 0.3) is 0 Å². The zero-order valence-electron chi connectivity index (χ0n) is 6.96. The molecule has 0 radical (unpaired) electrons. The van der Waals surface area contributed by atoms with Crippen LogP contribution in [0.15, 0.2) is 0 Å². The fourth-order valence-electron chi connectivity index (χ4n) is 0.976. The molecule has 0 aliphatic heterocycles. The molecule has 6 heteroatoms. The van der Waals surface area contributed by atoms with E-state index >= 15 is 0 Å². The van der Waals surface area contributed by atoms with E-state index in [9.17, 15) is 18.4 Å². The minimum absolute atomic E-state index is 0.359. The second-order valence-corrected chi connectivity index (χ2v) is 2.64. The van der Waals surface area contributed by atoms with Crippen molar-refractivity contribution in [3.63, 3.8) is 0 Å². The molecule has 0 unspecified atom stereocenters. The predicted molar refractivity (Wildman–Crippen MR) is 38.6 cm³/mol. The van der Waals surface area contributed by atoms with Crippen LogP contribution < -0.4 is 0 Å². The number of hydrogen-bond donors (Lipinski definition) is 2. The van der Waals surface area contributed by atoms with Gasteiger partial charge in [0.1, 0.15) is 0 Å². The van der Waals surface area contributed by atoms with Gasteiger partial charge in [-0.2, -0.15) is 0 Å². The summed E-state index contributed by atoms with van der Waals surface area (Å²) in [7, 11) is 0. The summed E-state index contributed by atoms with van der Waals surface area (Å²) in [6, 6.07) is 0. The van der Waals surface area contributed by atoms with Crippen molar-refractivity contribution in [2.45, 2.75) is 26.2 Å². The van der Waals surface area contributed by atoms with Crippen molar-refractivity contribution in [3.8, 4) is 0 Å². The Balaban J connectivity index is 4.87. The third-order valence-electron chi connectivity index (χ3n) is 1.93. The van der Waals surface area contributed by atoms with Gasteiger partial charge in [0.15, 0.2) is 5.41 Å². The zero-order chi connectivity index (χ0) is 10.6. The van der Waals surface area contributed by atoms with Gasteiger partial charge in [-0.15, -0.1) is 0 Å². The first-order chi connectivity index (χ1) is 5.86. The monoisotopic (exact) mass is 196 g/mol. The number of halogens is 2. The summed E-state index contributed by atoms with van der Waals surface area (Å²) in [6.45, 7) is 1.25. The fraction of sp³-hybridized carbons (Fsp3) is 0.714. The average Bonchev–Trinajstić information content (AvgIpc) is 1.98. The second-order valence-electron chi connectivity index (χ2n) is 2.64. The van der Waals surface area contributed by atoms with E-state index in [0.29, 0.717) is 0 Å². The minimum Gasteiger partial charge on any atom is -0.480 e. The first kappa shape index (κ1) is 11.8. The van der Waals surface area contributed by atoms with Gasteiger partial charge in [0.25, 0.3) is 0 Å². The Labute approximate surface area is 73.2 Å². The second kappa shape index (κ2) is 4.15. The highest BCUT2D eigenvalue weighted by Gasteiger charge is 2.47. The lowest BCUT2D eigenvalue weighted by molar-refractivity contribution is -0.168. The van der Waals surface area contributed by atoms with Gasteiger partial charge in [-0.05, 0) is 6.42 Å². The highest BCUT2D eigenvalue weighted by Crippen LogP contribution is 2.30. The Morgan fingerprint density at radius 1 is 1.31 bits per heavy atom. The van der Waals surface area contributed by atoms with Crippen molar-refractivity contribution < 1.29 is 28.6 Å². The molecule has 2 N–H and O–H groups in total. The topological polar surface area (TPSA) is 74.6 Å². The summed E-state index contributed by atoms with van der Waals surface area (Å²) in [5.74, 6) is -3.44. The van der Waals surface area contributed by atoms with Crippen LogP contribution in [0, 0.1) is 5.41 Å². The van der Waals surface area contributed by atoms with E-state index in [1.807, 2.05) is 0 Å². The number of carboxylic acids is 2. The van der Waals surface area contributed by atoms with Crippen molar-refractivity contribution in [2.75, 3.05) is 0 Å². The molecule has 0 aromatic rings. The number of aliphatic carboxylic acids is 2. The molecule has 0 rings (SSSR count). The lowest BCUT2D eigenvalue weighted by Gasteiger charge is -2.22. The Morgan fingerprint density at radius 2 is 1.69 bits per heavy atom. The molecular weight excluding hydrogens is 186 g/mol. The van der Waals surface area contributed by atoms with Crippen LogP contribution in [-0.4, -0.2) is 28.6 Å². The van der Waals surface area contributed by atoms with Gasteiger partial charge in [-0.3, -0.25) is 9.59 Å². The van der Waals surface area contributed by atoms with Crippen LogP contribution in [0.4, 0.5) is 8.78 Å². The molecular formula is C7H10F2O4. The van der Waals surface area contributed by atoms with E-state index in [1.54, 1.807) is 0 Å². The van der Waals surface area contributed by atoms with E-state index in [4.69, 9.17) is 10.2 Å². The first-order valence-electron chi connectivity index (χ1n) is 3.61. The SMILES string of the molecule is CCC(CC(F)F)(C(=O)O)C(=O)O. The normalized spacial score (nSPS) is 11.7. The van der Waals surface area contributed by atoms with Crippen molar-refractivity contribution >= 4 is 11.9 Å². The maximum Gasteiger partial charge on any atom is 0.321 e. The Kier molecular flexibility index (Phi) is 3.77. The third-order valence-corrected chi connectivity index (χ3v) is 1.93. The largest absolute Gasteiger partial charge is 0.480 e. The molecule has 0 bridgehead atoms. The molecule has 13 heavy (non-hydrogen) atoms. The van der Waals surface area contributed by atoms with Gasteiger partial charge in [0.05, 0.1) is 0 Å². The van der Waals surface area contributed by atoms with Crippen molar-refractivity contribution in [2.24, 2.45) is 5.41 Å². The highest BCUT2D eigenvalue weighted by molar-refractivity contribution is 5.98. The van der Waals surface area contributed by atoms with E-state index < -0.39 is 30.2 Å². The average molecular weight is 196 g/mol. The number of hydrogen-bond acceptors (Lipinski definition) is 2. The summed E-state index contributed by atoms with van der Waals surface area (Å²) in [4.78, 5) is 21.0. The van der Waals surface area contributed by atoms with E-state index in [-0.39, 0.29) is 6.42 Å². The highest BCUT2D eigenvalue weighted by atomic mass is 19.3. The summed E-state index contributed by atoms with van der Waals surface area (Å²) >= 11 is 0. The van der Waals surface area contributed by atoms with Crippen LogP contribution in [0.3, 0.4) is 0 Å². The zero-order valence-corrected chi connectivity index (χ0v) is 6.96. The van der Waals surface area contributed by atoms with Crippen LogP contribution in [-0.2, 0) is 9.59 Å². The number of rotatable bonds is 5. The Morgan fingerprint density at radius 3 is 1.77 bits per heavy atom. The van der Waals surface area contributed by atoms with E-state index in [0.717, 1.165) is 0 Å². The minimum atomic E-state index is -2.94. The molecule has 0 fully saturated rings. The van der Waals surface area contributed by atoms with Crippen molar-refractivity contribution in [3.05, 3.63) is 0 Å². The Hall–Kier alpha value is -1.20. The molecule has 0 aliphatic carbocycles. The van der Waals surface area contributed by atoms with Crippen LogP contribution in [0.1, 0.15) is 19.8 Å². The molecule has 0 aliphatic rings. The smallest absolute Gasteiger partial charge is 0.321 e. The van der Waals surface area contributed by atoms with Gasteiger partial charge < -0.3 is 10.2 Å². The molecule has 0 aromatic heterocycles. The van der Waals surface area contributed by atoms with Gasteiger partial charge in [0, 0.05) is 6.42 Å². The molecule has 0 saturated carbocycles. The quantitative estimate of drug-likeness (QED) is 0.648. The molecule has 0 spiro atoms. The lowest BCUT2D eigenvalue weighted by Crippen LogP contribution is -2.40. The summed E-state index contributed by atoms with van der Waals surface area (Å²) in [5, 5.41) is 17.1. The van der Waals surface area contributed by atoms with E-state index in [2.05, 4.69) is 0 Å². The van der Waals surface area contributed by atoms with Gasteiger partial charge in [-0.1, -0.05) is 6.92 Å². The molecule has 76 valence electrons. The lowest BCUT2D eigenvalue weighted by atomic mass is 9.82. The first-order valence-corrected chi connectivity index (χ1v) is 3.61. The standard InChI is InChI=1S/C7H10F2O4/c1-2-7(5(10)11,6(12)13)3-4(8)9/h4H,2-3H2,1H3,(H,10,11)(H,12,13). The maximum atomic E-state index is 11.9. The van der Waals surface area contributed by atoms with Crippen molar-refractivity contribution in [1.29, 1.82) is 0 Å². The molecule has 0 atom stereocenters. The number of carbonyl (C=O) groups is 2. The number of alkyl halides is 2. The van der Waals surface area contributed by atoms with E-state index in [1.165, 1.54) is 6.92 Å². The van der Waals surface area contributed by atoms with Gasteiger partial charge >= 0.3 is 11.9 Å². The van der Waals surface area contributed by atoms with Crippen LogP contribution in [0.5, 0.6) is 0 Å². The maximum absolute atomic E-state index is 11.9. The van der Waals surface area contributed by atoms with Gasteiger partial charge in [-0.25, -0.2) is 8.78 Å². The Bertz CT molecular complexity index is 201. The third kappa shape index (κ3) is 2.37. The van der Waals surface area contributed by atoms with Crippen LogP contribution in [0.2, 0.25) is 0 Å². The van der Waals surface area contributed by atoms with Crippen LogP contribution >= 0.6 is 0 Å². The van der Waals surface area contributed by atoms with Crippen molar-refractivity contribution in [1.82, 2.24) is 0 Å². The summed E-state index contributed by atoms with van der Waals surface area (Å²) < 4.78 is 23.8. The molecule has 4 nitrogen and oxygen atoms in total. The summed E-state index contributed by atoms with van der Waals surface area (Å²) in [5.41, 5.74) is -2.35. The predicted octanol–water partition coefficient (Wildman–Crippen LogP) is 1.21. The fourth-order valence-corrected chi connectivity index (χ4v) is 0.976. The number of carboxylic acid groups (broad SMARTS) is 2. The molecule has 0 saturated heterocycles. The molecule has 0 heterocycles.